The average Bonchev–Trinajstić information content (AvgIpc) is 2.77. The third-order valence-electron chi connectivity index (χ3n) is 2.04. The van der Waals surface area contributed by atoms with Crippen LogP contribution < -0.4 is 0 Å². The number of amides is 1. The number of rotatable bonds is 6. The molecular formula is C11H14N2O3. The molecule has 0 atom stereocenters. The molecule has 0 saturated carbocycles. The van der Waals surface area contributed by atoms with Gasteiger partial charge >= 0.3 is 0 Å². The Kier molecular flexibility index (Phi) is 5.09. The molecular weight excluding hydrogens is 208 g/mol. The van der Waals surface area contributed by atoms with Crippen molar-refractivity contribution in [2.24, 2.45) is 0 Å². The fraction of sp³-hybridized carbons (Fsp3) is 0.455. The molecule has 1 aromatic heterocycles. The van der Waals surface area contributed by atoms with Crippen LogP contribution in [0.15, 0.2) is 22.8 Å². The van der Waals surface area contributed by atoms with Crippen LogP contribution in [0.25, 0.3) is 0 Å². The van der Waals surface area contributed by atoms with Crippen molar-refractivity contribution in [3.63, 3.8) is 0 Å². The number of nitriles is 1. The smallest absolute Gasteiger partial charge is 0.248 e. The van der Waals surface area contributed by atoms with Crippen LogP contribution in [-0.4, -0.2) is 31.1 Å². The van der Waals surface area contributed by atoms with E-state index in [4.69, 9.17) is 14.4 Å². The second-order valence-corrected chi connectivity index (χ2v) is 3.24. The van der Waals surface area contributed by atoms with Gasteiger partial charge in [-0.25, -0.2) is 0 Å². The van der Waals surface area contributed by atoms with Gasteiger partial charge in [0.2, 0.25) is 5.91 Å². The maximum Gasteiger partial charge on any atom is 0.248 e. The Bertz CT molecular complexity index is 354. The van der Waals surface area contributed by atoms with Crippen molar-refractivity contribution >= 4 is 5.91 Å². The summed E-state index contributed by atoms with van der Waals surface area (Å²) < 4.78 is 9.93. The number of hydrogen-bond donors (Lipinski definition) is 0. The summed E-state index contributed by atoms with van der Waals surface area (Å²) in [5.74, 6) is 0.552. The molecule has 0 N–H and O–H groups in total. The molecule has 0 aliphatic rings. The van der Waals surface area contributed by atoms with Gasteiger partial charge in [0.15, 0.2) is 0 Å². The Labute approximate surface area is 94.2 Å². The van der Waals surface area contributed by atoms with Crippen molar-refractivity contribution in [1.29, 1.82) is 5.26 Å². The molecule has 0 spiro atoms. The van der Waals surface area contributed by atoms with E-state index in [1.165, 1.54) is 7.11 Å². The van der Waals surface area contributed by atoms with Crippen LogP contribution in [0, 0.1) is 11.3 Å². The lowest BCUT2D eigenvalue weighted by Crippen LogP contribution is -2.33. The van der Waals surface area contributed by atoms with Crippen molar-refractivity contribution in [3.8, 4) is 6.07 Å². The molecule has 1 rings (SSSR count). The molecule has 5 heteroatoms. The van der Waals surface area contributed by atoms with Gasteiger partial charge < -0.3 is 14.1 Å². The highest BCUT2D eigenvalue weighted by atomic mass is 16.5. The van der Waals surface area contributed by atoms with Crippen molar-refractivity contribution in [3.05, 3.63) is 24.2 Å². The number of furan rings is 1. The Hall–Kier alpha value is -1.80. The van der Waals surface area contributed by atoms with Gasteiger partial charge in [0.05, 0.1) is 25.3 Å². The summed E-state index contributed by atoms with van der Waals surface area (Å²) in [4.78, 5) is 13.2. The van der Waals surface area contributed by atoms with E-state index in [2.05, 4.69) is 0 Å². The maximum atomic E-state index is 11.6. The number of carbonyl (C=O) groups excluding carboxylic acids is 1. The van der Waals surface area contributed by atoms with Crippen LogP contribution >= 0.6 is 0 Å². The molecule has 0 unspecified atom stereocenters. The number of carbonyl (C=O) groups is 1. The number of ether oxygens (including phenoxy) is 1. The Balaban J connectivity index is 2.56. The zero-order chi connectivity index (χ0) is 11.8. The number of nitrogens with zero attached hydrogens (tertiary/aromatic N) is 2. The molecule has 0 fully saturated rings. The highest BCUT2D eigenvalue weighted by molar-refractivity contribution is 5.77. The average molecular weight is 222 g/mol. The third kappa shape index (κ3) is 3.75. The van der Waals surface area contributed by atoms with Gasteiger partial charge in [-0.3, -0.25) is 4.79 Å². The standard InChI is InChI=1S/C11H14N2O3/c1-15-9-11(14)13(6-3-5-12)8-10-4-2-7-16-10/h2,4,7H,3,6,8-9H2,1H3. The third-order valence-corrected chi connectivity index (χ3v) is 2.04. The molecule has 0 saturated heterocycles. The summed E-state index contributed by atoms with van der Waals surface area (Å²) in [7, 11) is 1.47. The van der Waals surface area contributed by atoms with Crippen LogP contribution in [0.3, 0.4) is 0 Å². The van der Waals surface area contributed by atoms with E-state index in [-0.39, 0.29) is 12.5 Å². The van der Waals surface area contributed by atoms with Gasteiger partial charge in [-0.2, -0.15) is 5.26 Å². The number of methoxy groups -OCH3 is 1. The molecule has 0 aliphatic heterocycles. The molecule has 16 heavy (non-hydrogen) atoms. The first-order valence-corrected chi connectivity index (χ1v) is 4.94. The van der Waals surface area contributed by atoms with Crippen LogP contribution in [0.5, 0.6) is 0 Å². The first-order chi connectivity index (χ1) is 7.77. The van der Waals surface area contributed by atoms with E-state index in [9.17, 15) is 4.79 Å². The molecule has 5 nitrogen and oxygen atoms in total. The van der Waals surface area contributed by atoms with Crippen LogP contribution in [0.4, 0.5) is 0 Å². The molecule has 0 aliphatic carbocycles. The predicted molar refractivity (Wildman–Crippen MR) is 56.2 cm³/mol. The fourth-order valence-electron chi connectivity index (χ4n) is 1.28. The Morgan fingerprint density at radius 3 is 3.06 bits per heavy atom. The Morgan fingerprint density at radius 1 is 1.69 bits per heavy atom. The van der Waals surface area contributed by atoms with Crippen molar-refractivity contribution in [2.45, 2.75) is 13.0 Å². The van der Waals surface area contributed by atoms with E-state index in [0.717, 1.165) is 0 Å². The monoisotopic (exact) mass is 222 g/mol. The normalized spacial score (nSPS) is 9.75. The molecule has 86 valence electrons. The first kappa shape index (κ1) is 12.3. The van der Waals surface area contributed by atoms with E-state index in [1.54, 1.807) is 23.3 Å². The summed E-state index contributed by atoms with van der Waals surface area (Å²) in [5.41, 5.74) is 0. The van der Waals surface area contributed by atoms with Gasteiger partial charge in [0.25, 0.3) is 0 Å². The van der Waals surface area contributed by atoms with E-state index < -0.39 is 0 Å². The second-order valence-electron chi connectivity index (χ2n) is 3.24. The molecule has 1 heterocycles. The molecule has 1 amide bonds. The van der Waals surface area contributed by atoms with Gasteiger partial charge in [-0.15, -0.1) is 0 Å². The molecule has 0 radical (unpaired) electrons. The summed E-state index contributed by atoms with van der Waals surface area (Å²) in [5, 5.41) is 8.51. The minimum absolute atomic E-state index is 0.0200. The highest BCUT2D eigenvalue weighted by Crippen LogP contribution is 2.06. The SMILES string of the molecule is COCC(=O)N(CCC#N)Cc1ccco1. The van der Waals surface area contributed by atoms with Crippen molar-refractivity contribution < 1.29 is 13.9 Å². The zero-order valence-electron chi connectivity index (χ0n) is 9.18. The van der Waals surface area contributed by atoms with E-state index in [1.807, 2.05) is 6.07 Å². The van der Waals surface area contributed by atoms with Gasteiger partial charge in [0, 0.05) is 13.7 Å². The maximum absolute atomic E-state index is 11.6. The first-order valence-electron chi connectivity index (χ1n) is 4.94. The zero-order valence-corrected chi connectivity index (χ0v) is 9.18. The van der Waals surface area contributed by atoms with Crippen LogP contribution in [0.2, 0.25) is 0 Å². The summed E-state index contributed by atoms with van der Waals surface area (Å²) in [6.07, 6.45) is 1.86. The largest absolute Gasteiger partial charge is 0.467 e. The topological polar surface area (TPSA) is 66.5 Å². The summed E-state index contributed by atoms with van der Waals surface area (Å²) in [6.45, 7) is 0.780. The van der Waals surface area contributed by atoms with Crippen molar-refractivity contribution in [2.75, 3.05) is 20.3 Å². The van der Waals surface area contributed by atoms with Gasteiger partial charge in [-0.1, -0.05) is 0 Å². The van der Waals surface area contributed by atoms with Crippen molar-refractivity contribution in [1.82, 2.24) is 4.90 Å². The van der Waals surface area contributed by atoms with Crippen LogP contribution in [-0.2, 0) is 16.1 Å². The van der Waals surface area contributed by atoms with Gasteiger partial charge in [-0.05, 0) is 12.1 Å². The minimum Gasteiger partial charge on any atom is -0.467 e. The summed E-state index contributed by atoms with van der Waals surface area (Å²) >= 11 is 0. The van der Waals surface area contributed by atoms with E-state index in [0.29, 0.717) is 25.3 Å². The predicted octanol–water partition coefficient (Wildman–Crippen LogP) is 1.17. The van der Waals surface area contributed by atoms with E-state index >= 15 is 0 Å². The highest BCUT2D eigenvalue weighted by Gasteiger charge is 2.14. The lowest BCUT2D eigenvalue weighted by atomic mass is 10.3. The molecule has 1 aromatic rings. The van der Waals surface area contributed by atoms with Crippen LogP contribution in [0.1, 0.15) is 12.2 Å². The van der Waals surface area contributed by atoms with Gasteiger partial charge in [0.1, 0.15) is 12.4 Å². The minimum atomic E-state index is -0.144. The quantitative estimate of drug-likeness (QED) is 0.724. The fourth-order valence-corrected chi connectivity index (χ4v) is 1.28. The summed E-state index contributed by atoms with van der Waals surface area (Å²) in [6, 6.07) is 5.56. The lowest BCUT2D eigenvalue weighted by molar-refractivity contribution is -0.135. The molecule has 0 aromatic carbocycles. The lowest BCUT2D eigenvalue weighted by Gasteiger charge is -2.19. The second kappa shape index (κ2) is 6.64. The Morgan fingerprint density at radius 2 is 2.50 bits per heavy atom. The molecule has 0 bridgehead atoms. The number of hydrogen-bond acceptors (Lipinski definition) is 4.